The van der Waals surface area contributed by atoms with E-state index in [1.807, 2.05) is 0 Å². The van der Waals surface area contributed by atoms with Crippen LogP contribution in [0.25, 0.3) is 0 Å². The summed E-state index contributed by atoms with van der Waals surface area (Å²) in [6.07, 6.45) is 86.6. The van der Waals surface area contributed by atoms with Gasteiger partial charge in [-0.25, -0.2) is 0 Å². The van der Waals surface area contributed by atoms with E-state index in [1.165, 1.54) is 141 Å². The zero-order valence-corrected chi connectivity index (χ0v) is 49.7. The van der Waals surface area contributed by atoms with E-state index in [2.05, 4.69) is 130 Å². The Hall–Kier alpha value is -3.93. The summed E-state index contributed by atoms with van der Waals surface area (Å²) >= 11 is 0. The number of allylic oxidation sites excluding steroid dienone is 18. The Kier molecular flexibility index (Phi) is 60.3. The maximum Gasteiger partial charge on any atom is 0.306 e. The molecule has 0 aliphatic rings. The molecular formula is C70H118O6. The molecule has 0 amide bonds. The highest BCUT2D eigenvalue weighted by Gasteiger charge is 2.19. The molecule has 0 aromatic rings. The fourth-order valence-electron chi connectivity index (χ4n) is 8.69. The summed E-state index contributed by atoms with van der Waals surface area (Å²) in [5, 5.41) is 0. The first-order valence-corrected chi connectivity index (χ1v) is 31.9. The van der Waals surface area contributed by atoms with E-state index in [-0.39, 0.29) is 31.1 Å². The molecule has 0 radical (unpaired) electrons. The maximum atomic E-state index is 12.9. The number of carbonyl (C=O) groups is 3. The lowest BCUT2D eigenvalue weighted by molar-refractivity contribution is -0.167. The summed E-state index contributed by atoms with van der Waals surface area (Å²) in [5.74, 6) is -0.902. The van der Waals surface area contributed by atoms with Gasteiger partial charge < -0.3 is 14.2 Å². The van der Waals surface area contributed by atoms with E-state index in [4.69, 9.17) is 14.2 Å². The van der Waals surface area contributed by atoms with Crippen molar-refractivity contribution in [3.8, 4) is 0 Å². The second kappa shape index (κ2) is 63.6. The van der Waals surface area contributed by atoms with Crippen LogP contribution in [0.3, 0.4) is 0 Å². The lowest BCUT2D eigenvalue weighted by atomic mass is 10.1. The van der Waals surface area contributed by atoms with Gasteiger partial charge in [0.1, 0.15) is 13.2 Å². The second-order valence-corrected chi connectivity index (χ2v) is 20.9. The van der Waals surface area contributed by atoms with Gasteiger partial charge in [-0.15, -0.1) is 0 Å². The van der Waals surface area contributed by atoms with Gasteiger partial charge in [-0.2, -0.15) is 0 Å². The fraction of sp³-hybridized carbons (Fsp3) is 0.700. The highest BCUT2D eigenvalue weighted by atomic mass is 16.6. The minimum Gasteiger partial charge on any atom is -0.462 e. The number of esters is 3. The molecular weight excluding hydrogens is 937 g/mol. The predicted molar refractivity (Wildman–Crippen MR) is 330 cm³/mol. The Balaban J connectivity index is 4.27. The van der Waals surface area contributed by atoms with Crippen LogP contribution in [0.2, 0.25) is 0 Å². The minimum atomic E-state index is -0.789. The van der Waals surface area contributed by atoms with E-state index >= 15 is 0 Å². The number of hydrogen-bond acceptors (Lipinski definition) is 6. The SMILES string of the molecule is CC/C=C\C/C=C\C/C=C\C/C=C\C/C=C\C/C=C\CCCCCCCCCCCCC(=O)OCC(COC(=O)CCCCCCC/C=C\CCCC)OC(=O)CCCCCCCCC/C=C\C/C=C\CCCCCC. The number of rotatable bonds is 57. The van der Waals surface area contributed by atoms with Crippen molar-refractivity contribution in [2.24, 2.45) is 0 Å². The van der Waals surface area contributed by atoms with Crippen molar-refractivity contribution in [3.63, 3.8) is 0 Å². The molecule has 0 saturated heterocycles. The zero-order valence-electron chi connectivity index (χ0n) is 49.7. The van der Waals surface area contributed by atoms with Gasteiger partial charge in [0, 0.05) is 19.3 Å². The highest BCUT2D eigenvalue weighted by molar-refractivity contribution is 5.71. The van der Waals surface area contributed by atoms with Crippen molar-refractivity contribution >= 4 is 17.9 Å². The van der Waals surface area contributed by atoms with Crippen LogP contribution in [-0.4, -0.2) is 37.2 Å². The smallest absolute Gasteiger partial charge is 0.306 e. The molecule has 6 nitrogen and oxygen atoms in total. The fourth-order valence-corrected chi connectivity index (χ4v) is 8.69. The lowest BCUT2D eigenvalue weighted by Gasteiger charge is -2.18. The topological polar surface area (TPSA) is 78.9 Å². The third-order valence-corrected chi connectivity index (χ3v) is 13.5. The van der Waals surface area contributed by atoms with E-state index in [0.717, 1.165) is 116 Å². The first-order chi connectivity index (χ1) is 37.5. The van der Waals surface area contributed by atoms with E-state index < -0.39 is 6.10 Å². The van der Waals surface area contributed by atoms with Crippen LogP contribution in [-0.2, 0) is 28.6 Å². The molecule has 434 valence electrons. The van der Waals surface area contributed by atoms with Gasteiger partial charge in [0.2, 0.25) is 0 Å². The zero-order chi connectivity index (χ0) is 55.0. The van der Waals surface area contributed by atoms with E-state index in [9.17, 15) is 14.4 Å². The Morgan fingerprint density at radius 2 is 0.526 bits per heavy atom. The van der Waals surface area contributed by atoms with Crippen molar-refractivity contribution in [1.29, 1.82) is 0 Å². The monoisotopic (exact) mass is 1050 g/mol. The molecule has 0 heterocycles. The molecule has 1 unspecified atom stereocenters. The molecule has 0 spiro atoms. The molecule has 0 aromatic carbocycles. The van der Waals surface area contributed by atoms with Crippen molar-refractivity contribution in [3.05, 3.63) is 109 Å². The first-order valence-electron chi connectivity index (χ1n) is 31.9. The summed E-state index contributed by atoms with van der Waals surface area (Å²) < 4.78 is 16.9. The van der Waals surface area contributed by atoms with Gasteiger partial charge in [0.25, 0.3) is 0 Å². The van der Waals surface area contributed by atoms with Crippen LogP contribution in [0.15, 0.2) is 109 Å². The van der Waals surface area contributed by atoms with Crippen molar-refractivity contribution in [1.82, 2.24) is 0 Å². The van der Waals surface area contributed by atoms with Gasteiger partial charge >= 0.3 is 17.9 Å². The average Bonchev–Trinajstić information content (AvgIpc) is 3.42. The minimum absolute atomic E-state index is 0.0862. The van der Waals surface area contributed by atoms with Crippen molar-refractivity contribution in [2.75, 3.05) is 13.2 Å². The van der Waals surface area contributed by atoms with Crippen LogP contribution in [0, 0.1) is 0 Å². The number of ether oxygens (including phenoxy) is 3. The predicted octanol–water partition coefficient (Wildman–Crippen LogP) is 21.8. The molecule has 0 bridgehead atoms. The first kappa shape index (κ1) is 72.1. The Morgan fingerprint density at radius 1 is 0.276 bits per heavy atom. The largest absolute Gasteiger partial charge is 0.462 e. The van der Waals surface area contributed by atoms with E-state index in [1.54, 1.807) is 0 Å². The van der Waals surface area contributed by atoms with E-state index in [0.29, 0.717) is 19.3 Å². The van der Waals surface area contributed by atoms with Crippen molar-refractivity contribution < 1.29 is 28.6 Å². The highest BCUT2D eigenvalue weighted by Crippen LogP contribution is 2.15. The number of carbonyl (C=O) groups excluding carboxylic acids is 3. The van der Waals surface area contributed by atoms with Crippen LogP contribution >= 0.6 is 0 Å². The van der Waals surface area contributed by atoms with Gasteiger partial charge in [0.15, 0.2) is 6.10 Å². The van der Waals surface area contributed by atoms with Crippen molar-refractivity contribution in [2.45, 2.75) is 303 Å². The Labute approximate surface area is 470 Å². The normalized spacial score (nSPS) is 12.8. The van der Waals surface area contributed by atoms with Gasteiger partial charge in [-0.05, 0) is 122 Å². The molecule has 0 saturated carbocycles. The molecule has 0 aromatic heterocycles. The molecule has 6 heteroatoms. The summed E-state index contributed by atoms with van der Waals surface area (Å²) in [5.41, 5.74) is 0. The second-order valence-electron chi connectivity index (χ2n) is 20.9. The standard InChI is InChI=1S/C70H118O6/c1-4-7-10-13-16-19-22-24-26-28-30-31-32-33-34-35-36-37-38-39-40-42-43-45-48-51-54-57-60-63-69(72)75-66-67(65-74-68(71)62-59-56-53-50-47-21-18-15-12-9-6-3)76-70(73)64-61-58-55-52-49-46-44-41-29-27-25-23-20-17-14-11-8-5-2/h7,10,15-16,18-20,23-24,26-27,29-31,33-34,36-37,67H,4-6,8-9,11-14,17,21-22,25,28,32,35,38-66H2,1-3H3/b10-7-,18-15-,19-16-,23-20-,26-24-,29-27-,31-30-,34-33-,37-36-. The summed E-state index contributed by atoms with van der Waals surface area (Å²) in [4.78, 5) is 38.2. The summed E-state index contributed by atoms with van der Waals surface area (Å²) in [7, 11) is 0. The van der Waals surface area contributed by atoms with Crippen LogP contribution < -0.4 is 0 Å². The molecule has 1 atom stereocenters. The quantitative estimate of drug-likeness (QED) is 0.0261. The Bertz CT molecular complexity index is 1540. The molecule has 0 fully saturated rings. The molecule has 76 heavy (non-hydrogen) atoms. The van der Waals surface area contributed by atoms with Crippen LogP contribution in [0.1, 0.15) is 297 Å². The number of hydrogen-bond donors (Lipinski definition) is 0. The lowest BCUT2D eigenvalue weighted by Crippen LogP contribution is -2.30. The van der Waals surface area contributed by atoms with Gasteiger partial charge in [0.05, 0.1) is 0 Å². The Morgan fingerprint density at radius 3 is 0.855 bits per heavy atom. The maximum absolute atomic E-state index is 12.9. The van der Waals surface area contributed by atoms with Gasteiger partial charge in [-0.1, -0.05) is 265 Å². The summed E-state index contributed by atoms with van der Waals surface area (Å²) in [6, 6.07) is 0. The molecule has 0 rings (SSSR count). The molecule has 0 N–H and O–H groups in total. The van der Waals surface area contributed by atoms with Crippen LogP contribution in [0.4, 0.5) is 0 Å². The number of unbranched alkanes of at least 4 members (excludes halogenated alkanes) is 28. The summed E-state index contributed by atoms with van der Waals surface area (Å²) in [6.45, 7) is 6.47. The van der Waals surface area contributed by atoms with Gasteiger partial charge in [-0.3, -0.25) is 14.4 Å². The molecule has 0 aliphatic carbocycles. The molecule has 0 aliphatic heterocycles. The third-order valence-electron chi connectivity index (χ3n) is 13.5. The third kappa shape index (κ3) is 60.9. The average molecular weight is 1060 g/mol. The van der Waals surface area contributed by atoms with Crippen LogP contribution in [0.5, 0.6) is 0 Å².